The van der Waals surface area contributed by atoms with Crippen molar-refractivity contribution in [3.63, 3.8) is 0 Å². The maximum atomic E-state index is 11.5. The van der Waals surface area contributed by atoms with Crippen molar-refractivity contribution in [3.05, 3.63) is 18.1 Å². The molecule has 16 heavy (non-hydrogen) atoms. The largest absolute Gasteiger partial charge is 0.358 e. The summed E-state index contributed by atoms with van der Waals surface area (Å²) in [7, 11) is 0. The van der Waals surface area contributed by atoms with E-state index in [1.54, 1.807) is 19.2 Å². The average Bonchev–Trinajstić information content (AvgIpc) is 2.22. The fourth-order valence-corrected chi connectivity index (χ4v) is 1.55. The molecule has 1 unspecified atom stereocenters. The first-order valence-corrected chi connectivity index (χ1v) is 5.05. The van der Waals surface area contributed by atoms with Gasteiger partial charge in [-0.1, -0.05) is 0 Å². The van der Waals surface area contributed by atoms with Crippen LogP contribution in [-0.2, 0) is 9.59 Å². The molecule has 84 valence electrons. The van der Waals surface area contributed by atoms with Gasteiger partial charge >= 0.3 is 0 Å². The van der Waals surface area contributed by atoms with Gasteiger partial charge in [0, 0.05) is 12.6 Å². The second-order valence-electron chi connectivity index (χ2n) is 3.64. The van der Waals surface area contributed by atoms with Crippen molar-refractivity contribution in [3.8, 4) is 0 Å². The van der Waals surface area contributed by atoms with E-state index < -0.39 is 6.04 Å². The van der Waals surface area contributed by atoms with Crippen molar-refractivity contribution in [2.24, 2.45) is 0 Å². The summed E-state index contributed by atoms with van der Waals surface area (Å²) in [6.45, 7) is 1.77. The third-order valence-electron chi connectivity index (χ3n) is 2.34. The molecule has 0 saturated carbocycles. The van der Waals surface area contributed by atoms with Crippen LogP contribution in [0.4, 0.5) is 5.82 Å². The minimum atomic E-state index is -0.396. The zero-order valence-electron chi connectivity index (χ0n) is 8.86. The molecule has 1 saturated heterocycles. The van der Waals surface area contributed by atoms with Crippen LogP contribution in [-0.4, -0.2) is 27.8 Å². The number of hydrogen-bond acceptors (Lipinski definition) is 5. The minimum absolute atomic E-state index is 0.220. The van der Waals surface area contributed by atoms with Crippen LogP contribution in [0.1, 0.15) is 18.7 Å². The number of aromatic nitrogens is 2. The normalized spacial score (nSPS) is 20.4. The number of anilines is 1. The predicted octanol–water partition coefficient (Wildman–Crippen LogP) is 0.00212. The number of imide groups is 1. The monoisotopic (exact) mass is 220 g/mol. The van der Waals surface area contributed by atoms with E-state index >= 15 is 0 Å². The number of carbonyl (C=O) groups is 2. The third-order valence-corrected chi connectivity index (χ3v) is 2.34. The van der Waals surface area contributed by atoms with Crippen LogP contribution in [0.15, 0.2) is 12.3 Å². The summed E-state index contributed by atoms with van der Waals surface area (Å²) < 4.78 is 0. The molecule has 0 bridgehead atoms. The quantitative estimate of drug-likeness (QED) is 0.685. The topological polar surface area (TPSA) is 84.0 Å². The molecule has 2 N–H and O–H groups in total. The van der Waals surface area contributed by atoms with Gasteiger partial charge in [-0.2, -0.15) is 0 Å². The van der Waals surface area contributed by atoms with Gasteiger partial charge in [-0.3, -0.25) is 14.9 Å². The van der Waals surface area contributed by atoms with Crippen LogP contribution >= 0.6 is 0 Å². The first-order valence-electron chi connectivity index (χ1n) is 5.05. The Bertz CT molecular complexity index is 433. The van der Waals surface area contributed by atoms with Crippen LogP contribution in [0.3, 0.4) is 0 Å². The molecule has 1 aliphatic rings. The number of nitrogens with one attached hydrogen (secondary N) is 2. The number of amides is 2. The van der Waals surface area contributed by atoms with Crippen molar-refractivity contribution < 1.29 is 9.59 Å². The van der Waals surface area contributed by atoms with Gasteiger partial charge in [0.25, 0.3) is 0 Å². The van der Waals surface area contributed by atoms with Crippen LogP contribution in [0.2, 0.25) is 0 Å². The van der Waals surface area contributed by atoms with Gasteiger partial charge < -0.3 is 5.32 Å². The molecule has 1 atom stereocenters. The van der Waals surface area contributed by atoms with E-state index in [2.05, 4.69) is 20.6 Å². The zero-order chi connectivity index (χ0) is 11.5. The molecular weight excluding hydrogens is 208 g/mol. The Morgan fingerprint density at radius 3 is 3.00 bits per heavy atom. The highest BCUT2D eigenvalue weighted by Gasteiger charge is 2.26. The molecule has 6 heteroatoms. The van der Waals surface area contributed by atoms with Gasteiger partial charge in [-0.05, 0) is 19.4 Å². The standard InChI is InChI=1S/C10H12N4O2/c1-6-11-5-4-8(12-6)13-7-2-3-9(15)14-10(7)16/h4-5,7H,2-3H2,1H3,(H,11,12,13)(H,14,15,16). The fraction of sp³-hybridized carbons (Fsp3) is 0.400. The molecule has 1 aromatic heterocycles. The maximum Gasteiger partial charge on any atom is 0.249 e. The van der Waals surface area contributed by atoms with Crippen molar-refractivity contribution in [1.29, 1.82) is 0 Å². The van der Waals surface area contributed by atoms with E-state index in [1.165, 1.54) is 0 Å². The SMILES string of the molecule is Cc1nccc(NC2CCC(=O)NC2=O)n1. The van der Waals surface area contributed by atoms with Crippen LogP contribution in [0.25, 0.3) is 0 Å². The van der Waals surface area contributed by atoms with E-state index in [-0.39, 0.29) is 11.8 Å². The summed E-state index contributed by atoms with van der Waals surface area (Å²) in [4.78, 5) is 30.5. The molecule has 1 aliphatic heterocycles. The summed E-state index contributed by atoms with van der Waals surface area (Å²) in [5, 5.41) is 5.26. The zero-order valence-corrected chi connectivity index (χ0v) is 8.86. The minimum Gasteiger partial charge on any atom is -0.358 e. The Balaban J connectivity index is 2.05. The van der Waals surface area contributed by atoms with Crippen LogP contribution < -0.4 is 10.6 Å². The second kappa shape index (κ2) is 4.26. The molecule has 6 nitrogen and oxygen atoms in total. The predicted molar refractivity (Wildman–Crippen MR) is 56.6 cm³/mol. The molecule has 2 amide bonds. The Morgan fingerprint density at radius 1 is 1.50 bits per heavy atom. The molecule has 0 spiro atoms. The number of hydrogen-bond donors (Lipinski definition) is 2. The Hall–Kier alpha value is -1.98. The van der Waals surface area contributed by atoms with Gasteiger partial charge in [0.15, 0.2) is 0 Å². The van der Waals surface area contributed by atoms with Gasteiger partial charge in [0.05, 0.1) is 0 Å². The first-order chi connectivity index (χ1) is 7.65. The molecule has 2 rings (SSSR count). The van der Waals surface area contributed by atoms with Crippen LogP contribution in [0, 0.1) is 6.92 Å². The smallest absolute Gasteiger partial charge is 0.249 e. The Kier molecular flexibility index (Phi) is 2.80. The number of rotatable bonds is 2. The first kappa shape index (κ1) is 10.5. The van der Waals surface area contributed by atoms with Crippen molar-refractivity contribution in [1.82, 2.24) is 15.3 Å². The van der Waals surface area contributed by atoms with Crippen LogP contribution in [0.5, 0.6) is 0 Å². The average molecular weight is 220 g/mol. The Labute approximate surface area is 92.5 Å². The van der Waals surface area contributed by atoms with Gasteiger partial charge in [0.2, 0.25) is 11.8 Å². The fourth-order valence-electron chi connectivity index (χ4n) is 1.55. The molecular formula is C10H12N4O2. The Morgan fingerprint density at radius 2 is 2.31 bits per heavy atom. The molecule has 2 heterocycles. The summed E-state index contributed by atoms with van der Waals surface area (Å²) in [5.74, 6) is 0.716. The highest BCUT2D eigenvalue weighted by molar-refractivity contribution is 6.01. The summed E-state index contributed by atoms with van der Waals surface area (Å²) in [6, 6.07) is 1.29. The highest BCUT2D eigenvalue weighted by Crippen LogP contribution is 2.10. The lowest BCUT2D eigenvalue weighted by atomic mass is 10.1. The summed E-state index contributed by atoms with van der Waals surface area (Å²) >= 11 is 0. The van der Waals surface area contributed by atoms with E-state index in [0.29, 0.717) is 24.5 Å². The molecule has 1 aromatic rings. The molecule has 0 radical (unpaired) electrons. The van der Waals surface area contributed by atoms with E-state index in [4.69, 9.17) is 0 Å². The third kappa shape index (κ3) is 2.33. The van der Waals surface area contributed by atoms with Crippen molar-refractivity contribution in [2.45, 2.75) is 25.8 Å². The van der Waals surface area contributed by atoms with Crippen molar-refractivity contribution in [2.75, 3.05) is 5.32 Å². The molecule has 1 fully saturated rings. The lowest BCUT2D eigenvalue weighted by molar-refractivity contribution is -0.133. The van der Waals surface area contributed by atoms with Crippen molar-refractivity contribution >= 4 is 17.6 Å². The van der Waals surface area contributed by atoms with E-state index in [9.17, 15) is 9.59 Å². The summed E-state index contributed by atoms with van der Waals surface area (Å²) in [6.07, 6.45) is 2.47. The van der Waals surface area contributed by atoms with E-state index in [1.807, 2.05) is 0 Å². The molecule has 0 aromatic carbocycles. The van der Waals surface area contributed by atoms with Gasteiger partial charge in [-0.25, -0.2) is 9.97 Å². The number of aryl methyl sites for hydroxylation is 1. The van der Waals surface area contributed by atoms with Gasteiger partial charge in [-0.15, -0.1) is 0 Å². The van der Waals surface area contributed by atoms with E-state index in [0.717, 1.165) is 0 Å². The summed E-state index contributed by atoms with van der Waals surface area (Å²) in [5.41, 5.74) is 0. The maximum absolute atomic E-state index is 11.5. The second-order valence-corrected chi connectivity index (χ2v) is 3.64. The lowest BCUT2D eigenvalue weighted by Crippen LogP contribution is -2.47. The molecule has 0 aliphatic carbocycles. The number of nitrogens with zero attached hydrogens (tertiary/aromatic N) is 2. The van der Waals surface area contributed by atoms with Gasteiger partial charge in [0.1, 0.15) is 17.7 Å². The highest BCUT2D eigenvalue weighted by atomic mass is 16.2. The number of piperidine rings is 1. The number of carbonyl (C=O) groups excluding carboxylic acids is 2. The lowest BCUT2D eigenvalue weighted by Gasteiger charge is -2.22.